The molecule has 2 nitrogen and oxygen atoms in total. The number of halogens is 4. The zero-order valence-corrected chi connectivity index (χ0v) is 11.7. The number of nitrogens with zero attached hydrogens (tertiary/aromatic N) is 2. The highest BCUT2D eigenvalue weighted by Crippen LogP contribution is 2.37. The van der Waals surface area contributed by atoms with E-state index in [-0.39, 0.29) is 5.02 Å². The van der Waals surface area contributed by atoms with Gasteiger partial charge in [-0.3, -0.25) is 4.98 Å². The van der Waals surface area contributed by atoms with Gasteiger partial charge in [0.2, 0.25) is 0 Å². The normalized spacial score (nSPS) is 15.0. The van der Waals surface area contributed by atoms with Gasteiger partial charge in [0, 0.05) is 31.2 Å². The standard InChI is InChI=1S/C15H12ClF3N2/c16-14-7-12(1-2-13(14)15(17,18)19)21-6-4-10-3-5-20-8-11(10)9-21/h1-3,5,7-8H,4,6,9H2. The minimum absolute atomic E-state index is 0.267. The van der Waals surface area contributed by atoms with Gasteiger partial charge in [0.1, 0.15) is 0 Å². The molecular formula is C15H12ClF3N2. The van der Waals surface area contributed by atoms with Crippen molar-refractivity contribution in [3.63, 3.8) is 0 Å². The van der Waals surface area contributed by atoms with Gasteiger partial charge in [-0.05, 0) is 41.8 Å². The van der Waals surface area contributed by atoms with Crippen molar-refractivity contribution in [1.82, 2.24) is 4.98 Å². The minimum atomic E-state index is -4.42. The highest BCUT2D eigenvalue weighted by molar-refractivity contribution is 6.31. The number of aromatic nitrogens is 1. The monoisotopic (exact) mass is 312 g/mol. The molecule has 1 aromatic heterocycles. The SMILES string of the molecule is FC(F)(F)c1ccc(N2CCc3ccncc3C2)cc1Cl. The van der Waals surface area contributed by atoms with Crippen LogP contribution < -0.4 is 4.90 Å². The summed E-state index contributed by atoms with van der Waals surface area (Å²) < 4.78 is 38.1. The Morgan fingerprint density at radius 1 is 1.14 bits per heavy atom. The molecule has 0 radical (unpaired) electrons. The molecule has 110 valence electrons. The van der Waals surface area contributed by atoms with E-state index in [1.54, 1.807) is 12.4 Å². The molecule has 0 N–H and O–H groups in total. The van der Waals surface area contributed by atoms with Crippen molar-refractivity contribution >= 4 is 17.3 Å². The number of pyridine rings is 1. The summed E-state index contributed by atoms with van der Waals surface area (Å²) in [7, 11) is 0. The highest BCUT2D eigenvalue weighted by Gasteiger charge is 2.33. The van der Waals surface area contributed by atoms with Crippen LogP contribution in [0.3, 0.4) is 0 Å². The van der Waals surface area contributed by atoms with E-state index >= 15 is 0 Å². The van der Waals surface area contributed by atoms with Crippen LogP contribution in [0, 0.1) is 0 Å². The molecule has 0 saturated heterocycles. The number of benzene rings is 1. The molecule has 1 aliphatic rings. The van der Waals surface area contributed by atoms with Crippen LogP contribution in [0.4, 0.5) is 18.9 Å². The second-order valence-electron chi connectivity index (χ2n) is 4.98. The summed E-state index contributed by atoms with van der Waals surface area (Å²) >= 11 is 5.77. The molecule has 2 aromatic rings. The van der Waals surface area contributed by atoms with Crippen LogP contribution in [0.1, 0.15) is 16.7 Å². The van der Waals surface area contributed by atoms with Gasteiger partial charge in [-0.25, -0.2) is 0 Å². The molecule has 0 bridgehead atoms. The maximum absolute atomic E-state index is 12.7. The van der Waals surface area contributed by atoms with Crippen molar-refractivity contribution in [1.29, 1.82) is 0 Å². The van der Waals surface area contributed by atoms with E-state index in [9.17, 15) is 13.2 Å². The second-order valence-corrected chi connectivity index (χ2v) is 5.39. The zero-order valence-electron chi connectivity index (χ0n) is 11.0. The largest absolute Gasteiger partial charge is 0.417 e. The van der Waals surface area contributed by atoms with Gasteiger partial charge >= 0.3 is 6.18 Å². The van der Waals surface area contributed by atoms with Crippen LogP contribution in [0.5, 0.6) is 0 Å². The van der Waals surface area contributed by atoms with Crippen LogP contribution in [-0.2, 0) is 19.1 Å². The molecule has 0 spiro atoms. The fraction of sp³-hybridized carbons (Fsp3) is 0.267. The van der Waals surface area contributed by atoms with Crippen molar-refractivity contribution in [2.75, 3.05) is 11.4 Å². The molecule has 21 heavy (non-hydrogen) atoms. The molecule has 0 saturated carbocycles. The Bertz CT molecular complexity index is 670. The molecule has 0 unspecified atom stereocenters. The number of hydrogen-bond donors (Lipinski definition) is 0. The molecule has 1 aromatic carbocycles. The lowest BCUT2D eigenvalue weighted by molar-refractivity contribution is -0.137. The van der Waals surface area contributed by atoms with E-state index in [4.69, 9.17) is 11.6 Å². The summed E-state index contributed by atoms with van der Waals surface area (Å²) in [5, 5.41) is -0.267. The topological polar surface area (TPSA) is 16.1 Å². The average molecular weight is 313 g/mol. The first-order valence-electron chi connectivity index (χ1n) is 6.48. The van der Waals surface area contributed by atoms with E-state index in [0.717, 1.165) is 24.6 Å². The molecule has 0 amide bonds. The summed E-state index contributed by atoms with van der Waals surface area (Å²) in [4.78, 5) is 6.10. The Kier molecular flexibility index (Phi) is 3.53. The first kappa shape index (κ1) is 14.2. The van der Waals surface area contributed by atoms with Crippen molar-refractivity contribution in [3.8, 4) is 0 Å². The third-order valence-electron chi connectivity index (χ3n) is 3.64. The fourth-order valence-corrected chi connectivity index (χ4v) is 2.82. The highest BCUT2D eigenvalue weighted by atomic mass is 35.5. The van der Waals surface area contributed by atoms with Crippen molar-refractivity contribution in [2.45, 2.75) is 19.1 Å². The van der Waals surface area contributed by atoms with Gasteiger partial charge in [0.25, 0.3) is 0 Å². The smallest absolute Gasteiger partial charge is 0.367 e. The third kappa shape index (κ3) is 2.83. The predicted molar refractivity (Wildman–Crippen MR) is 75.4 cm³/mol. The van der Waals surface area contributed by atoms with E-state index in [1.165, 1.54) is 17.7 Å². The second kappa shape index (κ2) is 5.22. The Balaban J connectivity index is 1.88. The molecule has 0 fully saturated rings. The molecule has 2 heterocycles. The molecule has 3 rings (SSSR count). The van der Waals surface area contributed by atoms with Crippen molar-refractivity contribution in [3.05, 3.63) is 58.4 Å². The third-order valence-corrected chi connectivity index (χ3v) is 3.95. The van der Waals surface area contributed by atoms with Gasteiger partial charge in [-0.1, -0.05) is 11.6 Å². The molecule has 6 heteroatoms. The van der Waals surface area contributed by atoms with Crippen molar-refractivity contribution in [2.24, 2.45) is 0 Å². The Morgan fingerprint density at radius 2 is 1.95 bits per heavy atom. The predicted octanol–water partition coefficient (Wildman–Crippen LogP) is 4.32. The first-order chi connectivity index (χ1) is 9.95. The first-order valence-corrected chi connectivity index (χ1v) is 6.86. The van der Waals surface area contributed by atoms with E-state index < -0.39 is 11.7 Å². The van der Waals surface area contributed by atoms with Crippen LogP contribution >= 0.6 is 11.6 Å². The lowest BCUT2D eigenvalue weighted by atomic mass is 10.0. The minimum Gasteiger partial charge on any atom is -0.367 e. The number of fused-ring (bicyclic) bond motifs is 1. The van der Waals surface area contributed by atoms with Crippen LogP contribution in [0.2, 0.25) is 5.02 Å². The number of rotatable bonds is 1. The van der Waals surface area contributed by atoms with E-state index in [2.05, 4.69) is 4.98 Å². The van der Waals surface area contributed by atoms with Crippen molar-refractivity contribution < 1.29 is 13.2 Å². The Labute approximate surface area is 125 Å². The Hall–Kier alpha value is -1.75. The molecule has 1 aliphatic heterocycles. The maximum Gasteiger partial charge on any atom is 0.417 e. The van der Waals surface area contributed by atoms with Gasteiger partial charge in [0.05, 0.1) is 10.6 Å². The van der Waals surface area contributed by atoms with Crippen LogP contribution in [0.25, 0.3) is 0 Å². The Morgan fingerprint density at radius 3 is 2.67 bits per heavy atom. The quantitative estimate of drug-likeness (QED) is 0.779. The molecule has 0 atom stereocenters. The number of hydrogen-bond acceptors (Lipinski definition) is 2. The lowest BCUT2D eigenvalue weighted by Crippen LogP contribution is -2.30. The summed E-state index contributed by atoms with van der Waals surface area (Å²) in [5.41, 5.74) is 2.23. The van der Waals surface area contributed by atoms with E-state index in [1.807, 2.05) is 11.0 Å². The lowest BCUT2D eigenvalue weighted by Gasteiger charge is -2.30. The van der Waals surface area contributed by atoms with Gasteiger partial charge in [-0.15, -0.1) is 0 Å². The number of anilines is 1. The molecular weight excluding hydrogens is 301 g/mol. The zero-order chi connectivity index (χ0) is 15.0. The van der Waals surface area contributed by atoms with Crippen LogP contribution in [0.15, 0.2) is 36.7 Å². The van der Waals surface area contributed by atoms with Crippen LogP contribution in [-0.4, -0.2) is 11.5 Å². The number of alkyl halides is 3. The summed E-state index contributed by atoms with van der Waals surface area (Å²) in [6.07, 6.45) is -0.0266. The summed E-state index contributed by atoms with van der Waals surface area (Å²) in [6.45, 7) is 1.38. The summed E-state index contributed by atoms with van der Waals surface area (Å²) in [5.74, 6) is 0. The summed E-state index contributed by atoms with van der Waals surface area (Å²) in [6, 6.07) is 5.87. The van der Waals surface area contributed by atoms with Gasteiger partial charge in [-0.2, -0.15) is 13.2 Å². The fourth-order valence-electron chi connectivity index (χ4n) is 2.53. The average Bonchev–Trinajstić information content (AvgIpc) is 2.45. The van der Waals surface area contributed by atoms with Gasteiger partial charge < -0.3 is 4.90 Å². The molecule has 0 aliphatic carbocycles. The maximum atomic E-state index is 12.7. The van der Waals surface area contributed by atoms with E-state index in [0.29, 0.717) is 12.2 Å². The van der Waals surface area contributed by atoms with Gasteiger partial charge in [0.15, 0.2) is 0 Å².